The molecule has 3 rings (SSSR count). The molecule has 2 heterocycles. The first kappa shape index (κ1) is 12.8. The van der Waals surface area contributed by atoms with E-state index in [0.717, 1.165) is 11.1 Å². The van der Waals surface area contributed by atoms with Gasteiger partial charge < -0.3 is 5.11 Å². The molecule has 0 saturated carbocycles. The van der Waals surface area contributed by atoms with Gasteiger partial charge in [0.1, 0.15) is 5.82 Å². The van der Waals surface area contributed by atoms with Crippen molar-refractivity contribution in [2.45, 2.75) is 19.8 Å². The molecule has 0 aliphatic heterocycles. The zero-order chi connectivity index (χ0) is 14.3. The van der Waals surface area contributed by atoms with Crippen molar-refractivity contribution >= 4 is 27.4 Å². The van der Waals surface area contributed by atoms with Gasteiger partial charge in [-0.3, -0.25) is 0 Å². The Morgan fingerprint density at radius 2 is 2.15 bits per heavy atom. The Morgan fingerprint density at radius 1 is 1.35 bits per heavy atom. The zero-order valence-electron chi connectivity index (χ0n) is 11.1. The summed E-state index contributed by atoms with van der Waals surface area (Å²) in [5, 5.41) is 16.3. The van der Waals surface area contributed by atoms with Gasteiger partial charge in [0.25, 0.3) is 5.82 Å². The average molecular weight is 287 g/mol. The van der Waals surface area contributed by atoms with Crippen LogP contribution in [0.25, 0.3) is 15.8 Å². The first-order valence-electron chi connectivity index (χ1n) is 6.24. The molecule has 5 nitrogen and oxygen atoms in total. The van der Waals surface area contributed by atoms with E-state index >= 15 is 0 Å². The minimum absolute atomic E-state index is 0.0915. The molecule has 0 aliphatic rings. The lowest BCUT2D eigenvalue weighted by atomic mass is 10.2. The minimum Gasteiger partial charge on any atom is -0.475 e. The van der Waals surface area contributed by atoms with Gasteiger partial charge in [0, 0.05) is 10.6 Å². The standard InChI is InChI=1S/C14H13N3O2S/c1-8(2)13-15-12(14(18)19)16-17(13)10-3-4-11-9(7-10)5-6-20-11/h3-8H,1-2H3,(H,18,19). The highest BCUT2D eigenvalue weighted by atomic mass is 32.1. The van der Waals surface area contributed by atoms with Crippen molar-refractivity contribution in [3.05, 3.63) is 41.3 Å². The van der Waals surface area contributed by atoms with Crippen LogP contribution in [0.4, 0.5) is 0 Å². The van der Waals surface area contributed by atoms with Crippen molar-refractivity contribution in [1.29, 1.82) is 0 Å². The quantitative estimate of drug-likeness (QED) is 0.802. The van der Waals surface area contributed by atoms with Crippen LogP contribution in [-0.2, 0) is 0 Å². The normalized spacial score (nSPS) is 11.3. The number of carbonyl (C=O) groups is 1. The number of hydrogen-bond donors (Lipinski definition) is 1. The summed E-state index contributed by atoms with van der Waals surface area (Å²) in [7, 11) is 0. The van der Waals surface area contributed by atoms with E-state index in [-0.39, 0.29) is 11.7 Å². The van der Waals surface area contributed by atoms with Gasteiger partial charge in [-0.15, -0.1) is 16.4 Å². The highest BCUT2D eigenvalue weighted by Crippen LogP contribution is 2.25. The van der Waals surface area contributed by atoms with Gasteiger partial charge in [0.05, 0.1) is 5.69 Å². The summed E-state index contributed by atoms with van der Waals surface area (Å²) < 4.78 is 2.81. The van der Waals surface area contributed by atoms with Crippen molar-refractivity contribution in [2.75, 3.05) is 0 Å². The molecule has 20 heavy (non-hydrogen) atoms. The van der Waals surface area contributed by atoms with Crippen molar-refractivity contribution < 1.29 is 9.90 Å². The Bertz CT molecular complexity index is 789. The monoisotopic (exact) mass is 287 g/mol. The molecule has 2 aromatic heterocycles. The van der Waals surface area contributed by atoms with E-state index in [4.69, 9.17) is 5.11 Å². The molecule has 0 spiro atoms. The van der Waals surface area contributed by atoms with Gasteiger partial charge >= 0.3 is 5.97 Å². The van der Waals surface area contributed by atoms with Crippen LogP contribution in [0.15, 0.2) is 29.6 Å². The summed E-state index contributed by atoms with van der Waals surface area (Å²) in [6, 6.07) is 7.98. The third-order valence-electron chi connectivity index (χ3n) is 3.02. The van der Waals surface area contributed by atoms with Crippen LogP contribution in [0.3, 0.4) is 0 Å². The Labute approximate surface area is 119 Å². The Kier molecular flexibility index (Phi) is 3.02. The Hall–Kier alpha value is -2.21. The molecule has 3 aromatic rings. The molecular formula is C14H13N3O2S. The van der Waals surface area contributed by atoms with Crippen LogP contribution in [0.5, 0.6) is 0 Å². The van der Waals surface area contributed by atoms with Crippen LogP contribution < -0.4 is 0 Å². The van der Waals surface area contributed by atoms with E-state index in [1.165, 1.54) is 4.70 Å². The first-order chi connectivity index (χ1) is 9.56. The van der Waals surface area contributed by atoms with Crippen molar-refractivity contribution in [2.24, 2.45) is 0 Å². The maximum atomic E-state index is 11.1. The lowest BCUT2D eigenvalue weighted by molar-refractivity contribution is 0.0683. The molecule has 1 N–H and O–H groups in total. The fourth-order valence-electron chi connectivity index (χ4n) is 2.06. The Morgan fingerprint density at radius 3 is 2.85 bits per heavy atom. The predicted octanol–water partition coefficient (Wildman–Crippen LogP) is 3.30. The number of thiophene rings is 1. The highest BCUT2D eigenvalue weighted by Gasteiger charge is 2.18. The largest absolute Gasteiger partial charge is 0.475 e. The van der Waals surface area contributed by atoms with Crippen LogP contribution in [-0.4, -0.2) is 25.8 Å². The van der Waals surface area contributed by atoms with Gasteiger partial charge in [-0.25, -0.2) is 14.5 Å². The van der Waals surface area contributed by atoms with Crippen LogP contribution in [0.2, 0.25) is 0 Å². The molecule has 0 unspecified atom stereocenters. The third kappa shape index (κ3) is 2.08. The maximum absolute atomic E-state index is 11.1. The number of rotatable bonds is 3. The van der Waals surface area contributed by atoms with E-state index in [1.54, 1.807) is 16.0 Å². The van der Waals surface area contributed by atoms with Gasteiger partial charge in [-0.05, 0) is 35.0 Å². The molecule has 102 valence electrons. The van der Waals surface area contributed by atoms with E-state index in [0.29, 0.717) is 5.82 Å². The SMILES string of the molecule is CC(C)c1nc(C(=O)O)nn1-c1ccc2sccc2c1. The molecular weight excluding hydrogens is 274 g/mol. The highest BCUT2D eigenvalue weighted by molar-refractivity contribution is 7.17. The topological polar surface area (TPSA) is 68.0 Å². The van der Waals surface area contributed by atoms with Crippen LogP contribution in [0, 0.1) is 0 Å². The molecule has 1 aromatic carbocycles. The van der Waals surface area contributed by atoms with Gasteiger partial charge in [0.15, 0.2) is 0 Å². The average Bonchev–Trinajstić information content (AvgIpc) is 3.04. The fourth-order valence-corrected chi connectivity index (χ4v) is 2.84. The molecule has 0 aliphatic carbocycles. The summed E-state index contributed by atoms with van der Waals surface area (Å²) in [4.78, 5) is 15.2. The van der Waals surface area contributed by atoms with Crippen molar-refractivity contribution in [3.8, 4) is 5.69 Å². The molecule has 0 fully saturated rings. The van der Waals surface area contributed by atoms with E-state index in [2.05, 4.69) is 10.1 Å². The number of aromatic nitrogens is 3. The van der Waals surface area contributed by atoms with E-state index in [1.807, 2.05) is 43.5 Å². The van der Waals surface area contributed by atoms with E-state index < -0.39 is 5.97 Å². The number of carboxylic acids is 1. The second-order valence-electron chi connectivity index (χ2n) is 4.81. The summed E-state index contributed by atoms with van der Waals surface area (Å²) in [6.45, 7) is 3.94. The van der Waals surface area contributed by atoms with Gasteiger partial charge in [0.2, 0.25) is 0 Å². The Balaban J connectivity index is 2.18. The molecule has 0 saturated heterocycles. The van der Waals surface area contributed by atoms with Crippen LogP contribution in [0.1, 0.15) is 36.2 Å². The molecule has 6 heteroatoms. The van der Waals surface area contributed by atoms with Crippen molar-refractivity contribution in [1.82, 2.24) is 14.8 Å². The smallest absolute Gasteiger partial charge is 0.375 e. The maximum Gasteiger partial charge on any atom is 0.375 e. The number of aromatic carboxylic acids is 1. The summed E-state index contributed by atoms with van der Waals surface area (Å²) in [5.74, 6) is -0.535. The number of carboxylic acid groups (broad SMARTS) is 1. The minimum atomic E-state index is -1.11. The third-order valence-corrected chi connectivity index (χ3v) is 3.92. The second kappa shape index (κ2) is 4.72. The number of benzene rings is 1. The molecule has 0 radical (unpaired) electrons. The zero-order valence-corrected chi connectivity index (χ0v) is 11.9. The lowest BCUT2D eigenvalue weighted by Gasteiger charge is -2.08. The summed E-state index contributed by atoms with van der Waals surface area (Å²) in [5.41, 5.74) is 0.833. The van der Waals surface area contributed by atoms with Crippen molar-refractivity contribution in [3.63, 3.8) is 0 Å². The van der Waals surface area contributed by atoms with Crippen LogP contribution >= 0.6 is 11.3 Å². The number of hydrogen-bond acceptors (Lipinski definition) is 4. The lowest BCUT2D eigenvalue weighted by Crippen LogP contribution is -2.04. The van der Waals surface area contributed by atoms with Gasteiger partial charge in [-0.2, -0.15) is 0 Å². The number of fused-ring (bicyclic) bond motifs is 1. The fraction of sp³-hybridized carbons (Fsp3) is 0.214. The molecule has 0 atom stereocenters. The van der Waals surface area contributed by atoms with Gasteiger partial charge in [-0.1, -0.05) is 13.8 Å². The predicted molar refractivity (Wildman–Crippen MR) is 77.8 cm³/mol. The molecule has 0 bridgehead atoms. The number of nitrogens with zero attached hydrogens (tertiary/aromatic N) is 3. The summed E-state index contributed by atoms with van der Waals surface area (Å²) >= 11 is 1.67. The molecule has 0 amide bonds. The second-order valence-corrected chi connectivity index (χ2v) is 5.76. The van der Waals surface area contributed by atoms with E-state index in [9.17, 15) is 4.79 Å². The first-order valence-corrected chi connectivity index (χ1v) is 7.12. The summed E-state index contributed by atoms with van der Waals surface area (Å²) in [6.07, 6.45) is 0.